The maximum atomic E-state index is 13.9. The lowest BCUT2D eigenvalue weighted by Crippen LogP contribution is -2.47. The highest BCUT2D eigenvalue weighted by Gasteiger charge is 2.24. The monoisotopic (exact) mass is 475 g/mol. The predicted octanol–water partition coefficient (Wildman–Crippen LogP) is 4.33. The fourth-order valence-corrected chi connectivity index (χ4v) is 3.67. The van der Waals surface area contributed by atoms with Crippen LogP contribution >= 0.6 is 11.6 Å². The van der Waals surface area contributed by atoms with Gasteiger partial charge >= 0.3 is 0 Å². The van der Waals surface area contributed by atoms with E-state index in [0.717, 1.165) is 5.56 Å². The third-order valence-corrected chi connectivity index (χ3v) is 5.59. The molecule has 176 valence electrons. The van der Waals surface area contributed by atoms with Gasteiger partial charge in [0.2, 0.25) is 5.91 Å². The molecule has 33 heavy (non-hydrogen) atoms. The molecule has 0 N–H and O–H groups in total. The van der Waals surface area contributed by atoms with E-state index in [1.54, 1.807) is 31.1 Å². The number of aryl methyl sites for hydroxylation is 1. The first-order chi connectivity index (χ1) is 15.9. The molecule has 1 atom stereocenters. The second kappa shape index (κ2) is 11.8. The van der Waals surface area contributed by atoms with Crippen LogP contribution in [0.25, 0.3) is 6.08 Å². The van der Waals surface area contributed by atoms with Gasteiger partial charge < -0.3 is 23.9 Å². The minimum Gasteiger partial charge on any atom is -0.493 e. The molecule has 0 spiro atoms. The van der Waals surface area contributed by atoms with Gasteiger partial charge in [0.1, 0.15) is 24.3 Å². The van der Waals surface area contributed by atoms with Crippen molar-refractivity contribution in [3.63, 3.8) is 0 Å². The Morgan fingerprint density at radius 2 is 2.09 bits per heavy atom. The number of carbonyl (C=O) groups is 2. The average Bonchev–Trinajstić information content (AvgIpc) is 2.81. The van der Waals surface area contributed by atoms with Crippen LogP contribution in [-0.4, -0.2) is 56.1 Å². The number of carbonyl (C=O) groups excluding carboxylic acids is 2. The molecule has 0 saturated carbocycles. The number of nitrogens with zero attached hydrogens (tertiary/aromatic N) is 1. The van der Waals surface area contributed by atoms with E-state index < -0.39 is 5.82 Å². The Balaban J connectivity index is 1.57. The second-order valence-corrected chi connectivity index (χ2v) is 8.15. The summed E-state index contributed by atoms with van der Waals surface area (Å²) in [5.74, 6) is 0.528. The maximum absolute atomic E-state index is 13.9. The Kier molecular flexibility index (Phi) is 8.86. The Bertz CT molecular complexity index is 1010. The van der Waals surface area contributed by atoms with Crippen molar-refractivity contribution in [1.82, 2.24) is 4.90 Å². The van der Waals surface area contributed by atoms with E-state index in [4.69, 9.17) is 25.8 Å². The highest BCUT2D eigenvalue weighted by Crippen LogP contribution is 2.29. The molecule has 1 amide bonds. The Hall–Kier alpha value is -2.90. The fourth-order valence-electron chi connectivity index (χ4n) is 3.44. The van der Waals surface area contributed by atoms with Gasteiger partial charge in [-0.3, -0.25) is 4.79 Å². The number of ether oxygens (including phenoxy) is 3. The van der Waals surface area contributed by atoms with E-state index in [1.165, 1.54) is 24.3 Å². The summed E-state index contributed by atoms with van der Waals surface area (Å²) in [6.45, 7) is 2.94. The van der Waals surface area contributed by atoms with E-state index in [2.05, 4.69) is 0 Å². The number of morpholine rings is 1. The van der Waals surface area contributed by atoms with Gasteiger partial charge in [-0.25, -0.2) is 4.39 Å². The van der Waals surface area contributed by atoms with Crippen molar-refractivity contribution < 1.29 is 28.2 Å². The molecule has 0 radical (unpaired) electrons. The second-order valence-electron chi connectivity index (χ2n) is 7.74. The third kappa shape index (κ3) is 7.04. The third-order valence-electron chi connectivity index (χ3n) is 5.26. The maximum Gasteiger partial charge on any atom is 0.246 e. The van der Waals surface area contributed by atoms with Crippen LogP contribution in [0.3, 0.4) is 0 Å². The first kappa shape index (κ1) is 24.7. The highest BCUT2D eigenvalue weighted by molar-refractivity contribution is 6.32. The van der Waals surface area contributed by atoms with Crippen LogP contribution in [0.15, 0.2) is 42.5 Å². The summed E-state index contributed by atoms with van der Waals surface area (Å²) in [6, 6.07) is 9.94. The average molecular weight is 476 g/mol. The van der Waals surface area contributed by atoms with Gasteiger partial charge in [0, 0.05) is 24.6 Å². The molecule has 0 bridgehead atoms. The molecule has 0 aromatic heterocycles. The van der Waals surface area contributed by atoms with Crippen LogP contribution in [0.4, 0.5) is 4.39 Å². The number of halogens is 2. The number of methoxy groups -OCH3 is 1. The van der Waals surface area contributed by atoms with Crippen LogP contribution in [0.2, 0.25) is 5.02 Å². The Labute approximate surface area is 197 Å². The lowest BCUT2D eigenvalue weighted by molar-refractivity contribution is -0.134. The number of Topliss-reactive ketones (excluding diaryl/α,β-unsaturated/α-hetero) is 1. The van der Waals surface area contributed by atoms with Crippen molar-refractivity contribution >= 4 is 29.4 Å². The van der Waals surface area contributed by atoms with Gasteiger partial charge in [-0.2, -0.15) is 0 Å². The van der Waals surface area contributed by atoms with E-state index in [-0.39, 0.29) is 35.0 Å². The first-order valence-electron chi connectivity index (χ1n) is 10.7. The largest absolute Gasteiger partial charge is 0.493 e. The van der Waals surface area contributed by atoms with E-state index in [0.29, 0.717) is 44.0 Å². The van der Waals surface area contributed by atoms with Crippen LogP contribution in [0.5, 0.6) is 11.5 Å². The summed E-state index contributed by atoms with van der Waals surface area (Å²) in [6.07, 6.45) is 3.49. The van der Waals surface area contributed by atoms with Crippen molar-refractivity contribution in [1.29, 1.82) is 0 Å². The molecule has 6 nitrogen and oxygen atoms in total. The van der Waals surface area contributed by atoms with Crippen molar-refractivity contribution in [2.75, 3.05) is 33.4 Å². The molecular weight excluding hydrogens is 449 g/mol. The van der Waals surface area contributed by atoms with Crippen LogP contribution in [-0.2, 0) is 20.7 Å². The molecule has 1 heterocycles. The molecule has 8 heteroatoms. The molecular formula is C25H27ClFNO5. The lowest BCUT2D eigenvalue weighted by Gasteiger charge is -2.32. The van der Waals surface area contributed by atoms with Gasteiger partial charge in [-0.05, 0) is 49.2 Å². The van der Waals surface area contributed by atoms with Gasteiger partial charge in [0.15, 0.2) is 11.5 Å². The van der Waals surface area contributed by atoms with Crippen molar-refractivity contribution in [2.24, 2.45) is 0 Å². The summed E-state index contributed by atoms with van der Waals surface area (Å²) in [5, 5.41) is 0.244. The van der Waals surface area contributed by atoms with Gasteiger partial charge in [0.25, 0.3) is 0 Å². The molecule has 2 aromatic rings. The SMILES string of the molecule is COc1cc(CCC(C)=O)ccc1OCC1CN(C(=O)/C=C/c2c(F)cccc2Cl)CCO1. The number of hydrogen-bond acceptors (Lipinski definition) is 5. The van der Waals surface area contributed by atoms with Crippen LogP contribution in [0, 0.1) is 5.82 Å². The quantitative estimate of drug-likeness (QED) is 0.505. The zero-order valence-electron chi connectivity index (χ0n) is 18.7. The van der Waals surface area contributed by atoms with Crippen molar-refractivity contribution in [3.05, 3.63) is 64.4 Å². The van der Waals surface area contributed by atoms with Crippen LogP contribution in [0.1, 0.15) is 24.5 Å². The zero-order valence-corrected chi connectivity index (χ0v) is 19.4. The lowest BCUT2D eigenvalue weighted by atomic mass is 10.1. The van der Waals surface area contributed by atoms with Gasteiger partial charge in [0.05, 0.1) is 25.3 Å². The number of ketones is 1. The molecule has 2 aromatic carbocycles. The molecule has 1 fully saturated rings. The smallest absolute Gasteiger partial charge is 0.246 e. The molecule has 3 rings (SSSR count). The summed E-state index contributed by atoms with van der Waals surface area (Å²) in [4.78, 5) is 25.4. The molecule has 1 aliphatic heterocycles. The number of benzene rings is 2. The fraction of sp³-hybridized carbons (Fsp3) is 0.360. The summed E-state index contributed by atoms with van der Waals surface area (Å²) >= 11 is 6.01. The minimum atomic E-state index is -0.485. The molecule has 1 aliphatic rings. The predicted molar refractivity (Wildman–Crippen MR) is 124 cm³/mol. The van der Waals surface area contributed by atoms with E-state index in [1.807, 2.05) is 12.1 Å². The van der Waals surface area contributed by atoms with Gasteiger partial charge in [-0.1, -0.05) is 23.7 Å². The molecule has 1 unspecified atom stereocenters. The molecule has 0 aliphatic carbocycles. The zero-order chi connectivity index (χ0) is 23.8. The topological polar surface area (TPSA) is 65.1 Å². The van der Waals surface area contributed by atoms with E-state index >= 15 is 0 Å². The highest BCUT2D eigenvalue weighted by atomic mass is 35.5. The van der Waals surface area contributed by atoms with Crippen molar-refractivity contribution in [3.8, 4) is 11.5 Å². The summed E-state index contributed by atoms with van der Waals surface area (Å²) in [7, 11) is 1.56. The summed E-state index contributed by atoms with van der Waals surface area (Å²) < 4.78 is 31.0. The normalized spacial score (nSPS) is 16.1. The van der Waals surface area contributed by atoms with Crippen LogP contribution < -0.4 is 9.47 Å². The standard InChI is InChI=1S/C25H27ClFNO5/c1-17(29)6-7-18-8-10-23(24(14-18)31-2)33-16-19-15-28(12-13-32-19)25(30)11-9-20-21(26)4-3-5-22(20)27/h3-5,8-11,14,19H,6-7,12-13,15-16H2,1-2H3/b11-9+. The van der Waals surface area contributed by atoms with E-state index in [9.17, 15) is 14.0 Å². The van der Waals surface area contributed by atoms with Gasteiger partial charge in [-0.15, -0.1) is 0 Å². The summed E-state index contributed by atoms with van der Waals surface area (Å²) in [5.41, 5.74) is 1.17. The minimum absolute atomic E-state index is 0.134. The Morgan fingerprint density at radius 3 is 2.82 bits per heavy atom. The molecule has 1 saturated heterocycles. The number of hydrogen-bond donors (Lipinski definition) is 0. The Morgan fingerprint density at radius 1 is 1.27 bits per heavy atom. The first-order valence-corrected chi connectivity index (χ1v) is 11.1. The van der Waals surface area contributed by atoms with Crippen molar-refractivity contribution in [2.45, 2.75) is 25.9 Å². The number of rotatable bonds is 9. The number of amides is 1.